The van der Waals surface area contributed by atoms with Crippen LogP contribution in [-0.4, -0.2) is 41.4 Å². The molecular formula is C12H18N4O2. The first-order chi connectivity index (χ1) is 8.67. The van der Waals surface area contributed by atoms with Crippen molar-refractivity contribution in [2.45, 2.75) is 18.9 Å². The second-order valence-corrected chi connectivity index (χ2v) is 5.10. The van der Waals surface area contributed by atoms with Crippen LogP contribution in [0.15, 0.2) is 6.07 Å². The van der Waals surface area contributed by atoms with Gasteiger partial charge in [0.25, 0.3) is 0 Å². The Labute approximate surface area is 106 Å². The van der Waals surface area contributed by atoms with E-state index in [-0.39, 0.29) is 12.1 Å². The van der Waals surface area contributed by atoms with Crippen LogP contribution in [0.5, 0.6) is 5.88 Å². The lowest BCUT2D eigenvalue weighted by Gasteiger charge is -2.19. The largest absolute Gasteiger partial charge is 0.481 e. The average molecular weight is 250 g/mol. The van der Waals surface area contributed by atoms with Gasteiger partial charge in [-0.05, 0) is 18.8 Å². The zero-order valence-electron chi connectivity index (χ0n) is 10.4. The zero-order valence-corrected chi connectivity index (χ0v) is 10.4. The third-order valence-corrected chi connectivity index (χ3v) is 4.06. The van der Waals surface area contributed by atoms with Gasteiger partial charge in [-0.1, -0.05) is 0 Å². The number of hydrogen-bond acceptors (Lipinski definition) is 6. The highest BCUT2D eigenvalue weighted by Crippen LogP contribution is 2.39. The van der Waals surface area contributed by atoms with Gasteiger partial charge in [0, 0.05) is 25.1 Å². The normalized spacial score (nSPS) is 30.6. The lowest BCUT2D eigenvalue weighted by molar-refractivity contribution is 0.133. The summed E-state index contributed by atoms with van der Waals surface area (Å²) in [4.78, 5) is 10.4. The fourth-order valence-electron chi connectivity index (χ4n) is 3.12. The van der Waals surface area contributed by atoms with E-state index in [1.165, 1.54) is 0 Å². The van der Waals surface area contributed by atoms with E-state index in [1.54, 1.807) is 13.2 Å². The molecule has 0 aromatic carbocycles. The van der Waals surface area contributed by atoms with Crippen LogP contribution in [0.4, 0.5) is 11.8 Å². The molecule has 1 aromatic rings. The van der Waals surface area contributed by atoms with Crippen molar-refractivity contribution < 1.29 is 9.84 Å². The minimum atomic E-state index is -0.166. The Kier molecular flexibility index (Phi) is 2.74. The first-order valence-corrected chi connectivity index (χ1v) is 6.29. The quantitative estimate of drug-likeness (QED) is 0.784. The molecule has 2 aliphatic rings. The number of nitrogens with two attached hydrogens (primary N) is 1. The lowest BCUT2D eigenvalue weighted by Crippen LogP contribution is -2.25. The first kappa shape index (κ1) is 11.5. The predicted molar refractivity (Wildman–Crippen MR) is 67.4 cm³/mol. The maximum Gasteiger partial charge on any atom is 0.225 e. The Morgan fingerprint density at radius 2 is 2.22 bits per heavy atom. The van der Waals surface area contributed by atoms with Gasteiger partial charge in [-0.15, -0.1) is 0 Å². The van der Waals surface area contributed by atoms with E-state index in [0.29, 0.717) is 17.7 Å². The molecule has 1 aliphatic heterocycles. The van der Waals surface area contributed by atoms with Crippen molar-refractivity contribution >= 4 is 11.8 Å². The number of methoxy groups -OCH3 is 1. The second-order valence-electron chi connectivity index (χ2n) is 5.10. The third kappa shape index (κ3) is 1.86. The minimum Gasteiger partial charge on any atom is -0.481 e. The maximum absolute atomic E-state index is 9.91. The Balaban J connectivity index is 1.82. The molecule has 3 atom stereocenters. The molecule has 2 heterocycles. The Morgan fingerprint density at radius 3 is 2.94 bits per heavy atom. The van der Waals surface area contributed by atoms with Crippen molar-refractivity contribution in [1.29, 1.82) is 0 Å². The number of aliphatic hydroxyl groups excluding tert-OH is 1. The molecule has 1 aliphatic carbocycles. The third-order valence-electron chi connectivity index (χ3n) is 4.06. The fraction of sp³-hybridized carbons (Fsp3) is 0.667. The van der Waals surface area contributed by atoms with Crippen molar-refractivity contribution in [1.82, 2.24) is 9.97 Å². The van der Waals surface area contributed by atoms with E-state index in [2.05, 4.69) is 14.9 Å². The van der Waals surface area contributed by atoms with Crippen LogP contribution in [0.25, 0.3) is 0 Å². The van der Waals surface area contributed by atoms with Crippen molar-refractivity contribution in [3.05, 3.63) is 6.07 Å². The van der Waals surface area contributed by atoms with Crippen LogP contribution in [-0.2, 0) is 0 Å². The first-order valence-electron chi connectivity index (χ1n) is 6.29. The monoisotopic (exact) mass is 250 g/mol. The van der Waals surface area contributed by atoms with Crippen LogP contribution in [0, 0.1) is 11.8 Å². The van der Waals surface area contributed by atoms with E-state index >= 15 is 0 Å². The lowest BCUT2D eigenvalue weighted by atomic mass is 10.00. The van der Waals surface area contributed by atoms with E-state index < -0.39 is 0 Å². The standard InChI is InChI=1S/C12H18N4O2/c1-18-11-4-10(14-12(13)15-11)16-5-7-2-3-9(17)8(7)6-16/h4,7-9,17H,2-3,5-6H2,1H3,(H2,13,14,15). The summed E-state index contributed by atoms with van der Waals surface area (Å²) in [5, 5.41) is 9.91. The number of fused-ring (bicyclic) bond motifs is 1. The Bertz CT molecular complexity index is 454. The molecule has 0 radical (unpaired) electrons. The fourth-order valence-corrected chi connectivity index (χ4v) is 3.12. The van der Waals surface area contributed by atoms with Gasteiger partial charge < -0.3 is 20.5 Å². The maximum atomic E-state index is 9.91. The van der Waals surface area contributed by atoms with Gasteiger partial charge in [0.15, 0.2) is 0 Å². The van der Waals surface area contributed by atoms with Gasteiger partial charge in [0.2, 0.25) is 11.8 Å². The SMILES string of the molecule is COc1cc(N2CC3CCC(O)C3C2)nc(N)n1. The van der Waals surface area contributed by atoms with Crippen molar-refractivity contribution in [3.63, 3.8) is 0 Å². The number of hydrogen-bond donors (Lipinski definition) is 2. The second kappa shape index (κ2) is 4.28. The number of rotatable bonds is 2. The Morgan fingerprint density at radius 1 is 1.39 bits per heavy atom. The summed E-state index contributed by atoms with van der Waals surface area (Å²) in [6.45, 7) is 1.77. The summed E-state index contributed by atoms with van der Waals surface area (Å²) in [6.07, 6.45) is 1.86. The van der Waals surface area contributed by atoms with E-state index in [4.69, 9.17) is 10.5 Å². The molecule has 0 amide bonds. The summed E-state index contributed by atoms with van der Waals surface area (Å²) >= 11 is 0. The smallest absolute Gasteiger partial charge is 0.225 e. The molecular weight excluding hydrogens is 232 g/mol. The summed E-state index contributed by atoms with van der Waals surface area (Å²) in [6, 6.07) is 1.80. The highest BCUT2D eigenvalue weighted by Gasteiger charge is 2.42. The van der Waals surface area contributed by atoms with Gasteiger partial charge in [0.1, 0.15) is 5.82 Å². The number of aromatic nitrogens is 2. The zero-order chi connectivity index (χ0) is 12.7. The Hall–Kier alpha value is -1.56. The van der Waals surface area contributed by atoms with Gasteiger partial charge in [-0.2, -0.15) is 9.97 Å². The van der Waals surface area contributed by atoms with Gasteiger partial charge in [0.05, 0.1) is 13.2 Å². The summed E-state index contributed by atoms with van der Waals surface area (Å²) in [5.41, 5.74) is 5.67. The molecule has 3 N–H and O–H groups in total. The molecule has 2 fully saturated rings. The topological polar surface area (TPSA) is 84.5 Å². The van der Waals surface area contributed by atoms with Gasteiger partial charge in [-0.25, -0.2) is 0 Å². The van der Waals surface area contributed by atoms with Gasteiger partial charge >= 0.3 is 0 Å². The number of nitrogen functional groups attached to an aromatic ring is 1. The number of aliphatic hydroxyl groups is 1. The van der Waals surface area contributed by atoms with E-state index in [0.717, 1.165) is 31.7 Å². The number of anilines is 2. The van der Waals surface area contributed by atoms with E-state index in [1.807, 2.05) is 0 Å². The molecule has 6 nitrogen and oxygen atoms in total. The van der Waals surface area contributed by atoms with Gasteiger partial charge in [-0.3, -0.25) is 0 Å². The highest BCUT2D eigenvalue weighted by molar-refractivity contribution is 5.46. The van der Waals surface area contributed by atoms with Crippen LogP contribution in [0.2, 0.25) is 0 Å². The molecule has 18 heavy (non-hydrogen) atoms. The predicted octanol–water partition coefficient (Wildman–Crippen LogP) is 0.274. The molecule has 3 unspecified atom stereocenters. The summed E-state index contributed by atoms with van der Waals surface area (Å²) < 4.78 is 5.10. The number of nitrogens with zero attached hydrogens (tertiary/aromatic N) is 3. The number of ether oxygens (including phenoxy) is 1. The van der Waals surface area contributed by atoms with Crippen LogP contribution < -0.4 is 15.4 Å². The van der Waals surface area contributed by atoms with Crippen molar-refractivity contribution in [3.8, 4) is 5.88 Å². The molecule has 0 spiro atoms. The molecule has 3 rings (SSSR count). The summed E-state index contributed by atoms with van der Waals surface area (Å²) in [7, 11) is 1.56. The van der Waals surface area contributed by atoms with E-state index in [9.17, 15) is 5.11 Å². The average Bonchev–Trinajstić information content (AvgIpc) is 2.91. The highest BCUT2D eigenvalue weighted by atomic mass is 16.5. The molecule has 1 saturated carbocycles. The molecule has 6 heteroatoms. The molecule has 1 aromatic heterocycles. The van der Waals surface area contributed by atoms with Crippen LogP contribution in [0.1, 0.15) is 12.8 Å². The molecule has 1 saturated heterocycles. The van der Waals surface area contributed by atoms with Crippen molar-refractivity contribution in [2.75, 3.05) is 30.8 Å². The minimum absolute atomic E-state index is 0.166. The summed E-state index contributed by atoms with van der Waals surface area (Å²) in [5.74, 6) is 2.44. The molecule has 98 valence electrons. The van der Waals surface area contributed by atoms with Crippen LogP contribution >= 0.6 is 0 Å². The van der Waals surface area contributed by atoms with Crippen molar-refractivity contribution in [2.24, 2.45) is 11.8 Å². The molecule has 0 bridgehead atoms. The van der Waals surface area contributed by atoms with Crippen LogP contribution in [0.3, 0.4) is 0 Å².